The minimum Gasteiger partial charge on any atom is -0.379 e. The van der Waals surface area contributed by atoms with Crippen LogP contribution in [0.4, 0.5) is 0 Å². The van der Waals surface area contributed by atoms with Gasteiger partial charge in [-0.05, 0) is 19.9 Å². The van der Waals surface area contributed by atoms with Gasteiger partial charge in [0.05, 0.1) is 59.5 Å². The molecule has 0 aromatic heterocycles. The maximum atomic E-state index is 11.7. The van der Waals surface area contributed by atoms with Crippen molar-refractivity contribution < 1.29 is 28.5 Å². The highest BCUT2D eigenvalue weighted by molar-refractivity contribution is 8.77. The molecule has 0 aliphatic rings. The molecule has 0 aliphatic heterocycles. The molecule has 36 heavy (non-hydrogen) atoms. The van der Waals surface area contributed by atoms with Crippen LogP contribution < -0.4 is 10.6 Å². The van der Waals surface area contributed by atoms with E-state index in [0.717, 1.165) is 13.0 Å². The summed E-state index contributed by atoms with van der Waals surface area (Å²) in [6.45, 7) is 19.1. The van der Waals surface area contributed by atoms with E-state index in [1.165, 1.54) is 0 Å². The Bertz CT molecular complexity index is 561. The van der Waals surface area contributed by atoms with E-state index in [9.17, 15) is 4.79 Å². The Morgan fingerprint density at radius 3 is 2.03 bits per heavy atom. The van der Waals surface area contributed by atoms with Crippen LogP contribution >= 0.6 is 21.6 Å². The monoisotopic (exact) mass is 552 g/mol. The first-order valence-corrected chi connectivity index (χ1v) is 15.1. The van der Waals surface area contributed by atoms with Crippen LogP contribution in [-0.2, 0) is 28.5 Å². The van der Waals surface area contributed by atoms with E-state index in [0.29, 0.717) is 78.3 Å². The SMILES string of the molecule is CNCCOCCOCCC(C)(OCCOCCOCCC(=O)NC/C=C/C(C)C)SSC(C)(C)C. The molecule has 0 saturated heterocycles. The van der Waals surface area contributed by atoms with Crippen LogP contribution in [0, 0.1) is 5.92 Å². The number of ether oxygens (including phenoxy) is 5. The zero-order valence-electron chi connectivity index (χ0n) is 23.7. The number of amides is 1. The molecule has 0 radical (unpaired) electrons. The average Bonchev–Trinajstić information content (AvgIpc) is 2.81. The van der Waals surface area contributed by atoms with Crippen molar-refractivity contribution in [1.82, 2.24) is 10.6 Å². The second-order valence-corrected chi connectivity index (χ2v) is 13.2. The Kier molecular flexibility index (Phi) is 22.4. The summed E-state index contributed by atoms with van der Waals surface area (Å²) < 4.78 is 28.7. The predicted molar refractivity (Wildman–Crippen MR) is 153 cm³/mol. The number of allylic oxidation sites excluding steroid dienone is 1. The number of likely N-dealkylation sites (N-methyl/N-ethyl adjacent to an activating group) is 1. The van der Waals surface area contributed by atoms with Crippen molar-refractivity contribution in [3.63, 3.8) is 0 Å². The molecule has 1 unspecified atom stereocenters. The zero-order valence-corrected chi connectivity index (χ0v) is 25.3. The van der Waals surface area contributed by atoms with Gasteiger partial charge in [-0.2, -0.15) is 0 Å². The number of carbonyl (C=O) groups is 1. The third-order valence-electron chi connectivity index (χ3n) is 4.46. The summed E-state index contributed by atoms with van der Waals surface area (Å²) in [6.07, 6.45) is 5.17. The number of carbonyl (C=O) groups excluding carboxylic acids is 1. The molecule has 214 valence electrons. The van der Waals surface area contributed by atoms with Gasteiger partial charge in [0.2, 0.25) is 5.91 Å². The summed E-state index contributed by atoms with van der Waals surface area (Å²) in [6, 6.07) is 0. The lowest BCUT2D eigenvalue weighted by Crippen LogP contribution is -2.29. The van der Waals surface area contributed by atoms with Crippen molar-refractivity contribution >= 4 is 27.5 Å². The quantitative estimate of drug-likeness (QED) is 0.0788. The molecular weight excluding hydrogens is 500 g/mol. The van der Waals surface area contributed by atoms with E-state index in [-0.39, 0.29) is 15.6 Å². The van der Waals surface area contributed by atoms with Gasteiger partial charge in [-0.25, -0.2) is 0 Å². The topological polar surface area (TPSA) is 87.3 Å². The fourth-order valence-corrected chi connectivity index (χ4v) is 4.91. The number of nitrogens with one attached hydrogen (secondary N) is 2. The van der Waals surface area contributed by atoms with Crippen LogP contribution in [0.3, 0.4) is 0 Å². The summed E-state index contributed by atoms with van der Waals surface area (Å²) in [7, 11) is 5.46. The highest BCUT2D eigenvalue weighted by Gasteiger charge is 2.29. The van der Waals surface area contributed by atoms with Crippen molar-refractivity contribution in [3.05, 3.63) is 12.2 Å². The molecule has 0 aliphatic carbocycles. The van der Waals surface area contributed by atoms with Crippen molar-refractivity contribution in [1.29, 1.82) is 0 Å². The summed E-state index contributed by atoms with van der Waals surface area (Å²) >= 11 is 0. The molecule has 0 saturated carbocycles. The Labute approximate surface area is 228 Å². The fraction of sp³-hybridized carbons (Fsp3) is 0.885. The molecule has 8 nitrogen and oxygen atoms in total. The second-order valence-electron chi connectivity index (χ2n) is 9.79. The van der Waals surface area contributed by atoms with Gasteiger partial charge in [0, 0.05) is 30.7 Å². The van der Waals surface area contributed by atoms with Gasteiger partial charge in [0.15, 0.2) is 0 Å². The largest absolute Gasteiger partial charge is 0.379 e. The molecule has 1 amide bonds. The second kappa shape index (κ2) is 22.6. The first kappa shape index (κ1) is 35.7. The first-order chi connectivity index (χ1) is 17.1. The van der Waals surface area contributed by atoms with Crippen molar-refractivity contribution in [3.8, 4) is 0 Å². The van der Waals surface area contributed by atoms with Crippen LogP contribution in [0.25, 0.3) is 0 Å². The normalized spacial score (nSPS) is 14.0. The lowest BCUT2D eigenvalue weighted by molar-refractivity contribution is -0.122. The third-order valence-corrected chi connectivity index (χ3v) is 8.52. The number of hydrogen-bond acceptors (Lipinski definition) is 9. The number of hydrogen-bond donors (Lipinski definition) is 2. The first-order valence-electron chi connectivity index (χ1n) is 13.0. The maximum Gasteiger partial charge on any atom is 0.222 e. The highest BCUT2D eigenvalue weighted by atomic mass is 33.1. The van der Waals surface area contributed by atoms with Crippen LogP contribution in [0.2, 0.25) is 0 Å². The van der Waals surface area contributed by atoms with Gasteiger partial charge in [-0.15, -0.1) is 0 Å². The molecule has 0 aromatic carbocycles. The fourth-order valence-electron chi connectivity index (χ4n) is 2.51. The van der Waals surface area contributed by atoms with Crippen LogP contribution in [0.1, 0.15) is 54.4 Å². The van der Waals surface area contributed by atoms with Crippen molar-refractivity contribution in [2.24, 2.45) is 5.92 Å². The lowest BCUT2D eigenvalue weighted by atomic mass is 10.2. The Morgan fingerprint density at radius 2 is 1.42 bits per heavy atom. The molecule has 0 fully saturated rings. The molecule has 0 rings (SSSR count). The standard InChI is InChI=1S/C26H52N2O6S2/c1-23(2)9-8-12-28-24(29)10-14-30-17-20-33-21-22-34-26(6,36-35-25(3,4)5)11-15-31-18-19-32-16-13-27-7/h8-9,23,27H,10-22H2,1-7H3,(H,28,29)/b9-8+. The average molecular weight is 553 g/mol. The summed E-state index contributed by atoms with van der Waals surface area (Å²) in [5, 5.41) is 5.90. The summed E-state index contributed by atoms with van der Waals surface area (Å²) in [4.78, 5) is 11.4. The molecule has 2 N–H and O–H groups in total. The highest BCUT2D eigenvalue weighted by Crippen LogP contribution is 2.45. The molecule has 1 atom stereocenters. The molecule has 0 heterocycles. The van der Waals surface area contributed by atoms with E-state index in [4.69, 9.17) is 23.7 Å². The van der Waals surface area contributed by atoms with Gasteiger partial charge in [0.1, 0.15) is 4.93 Å². The van der Waals surface area contributed by atoms with Crippen LogP contribution in [0.5, 0.6) is 0 Å². The van der Waals surface area contributed by atoms with Crippen LogP contribution in [-0.4, -0.2) is 95.2 Å². The molecule has 0 aromatic rings. The maximum absolute atomic E-state index is 11.7. The van der Waals surface area contributed by atoms with Gasteiger partial charge < -0.3 is 34.3 Å². The van der Waals surface area contributed by atoms with Crippen molar-refractivity contribution in [2.75, 3.05) is 79.6 Å². The van der Waals surface area contributed by atoms with Gasteiger partial charge in [-0.3, -0.25) is 4.79 Å². The minimum absolute atomic E-state index is 0.00654. The molecule has 0 spiro atoms. The smallest absolute Gasteiger partial charge is 0.222 e. The van der Waals surface area contributed by atoms with E-state index in [2.05, 4.69) is 58.3 Å². The third kappa shape index (κ3) is 25.3. The zero-order chi connectivity index (χ0) is 27.1. The minimum atomic E-state index is -0.373. The van der Waals surface area contributed by atoms with E-state index in [1.54, 1.807) is 10.8 Å². The molecule has 10 heteroatoms. The van der Waals surface area contributed by atoms with Gasteiger partial charge in [-0.1, -0.05) is 68.4 Å². The van der Waals surface area contributed by atoms with E-state index in [1.807, 2.05) is 23.9 Å². The van der Waals surface area contributed by atoms with E-state index >= 15 is 0 Å². The summed E-state index contributed by atoms with van der Waals surface area (Å²) in [5.74, 6) is 0.483. The Hall–Kier alpha value is -0.330. The molecule has 0 bridgehead atoms. The van der Waals surface area contributed by atoms with Gasteiger partial charge in [0.25, 0.3) is 0 Å². The lowest BCUT2D eigenvalue weighted by Gasteiger charge is -2.31. The van der Waals surface area contributed by atoms with Crippen LogP contribution in [0.15, 0.2) is 12.2 Å². The van der Waals surface area contributed by atoms with E-state index < -0.39 is 0 Å². The summed E-state index contributed by atoms with van der Waals surface area (Å²) in [5.41, 5.74) is 0. The molecular formula is C26H52N2O6S2. The predicted octanol–water partition coefficient (Wildman–Crippen LogP) is 4.29. The van der Waals surface area contributed by atoms with Crippen molar-refractivity contribution in [2.45, 2.75) is 64.1 Å². The number of rotatable bonds is 24. The Balaban J connectivity index is 3.98. The van der Waals surface area contributed by atoms with Gasteiger partial charge >= 0.3 is 0 Å². The Morgan fingerprint density at radius 1 is 0.833 bits per heavy atom.